The highest BCUT2D eigenvalue weighted by Gasteiger charge is 2.24. The van der Waals surface area contributed by atoms with Crippen molar-refractivity contribution in [3.8, 4) is 0 Å². The number of benzene rings is 2. The van der Waals surface area contributed by atoms with E-state index in [2.05, 4.69) is 35.8 Å². The third-order valence-corrected chi connectivity index (χ3v) is 6.72. The van der Waals surface area contributed by atoms with Gasteiger partial charge in [-0.15, -0.1) is 12.4 Å². The van der Waals surface area contributed by atoms with E-state index in [4.69, 9.17) is 5.11 Å². The third kappa shape index (κ3) is 8.02. The first-order valence-corrected chi connectivity index (χ1v) is 12.2. The van der Waals surface area contributed by atoms with Crippen LogP contribution in [-0.4, -0.2) is 31.0 Å². The van der Waals surface area contributed by atoms with Crippen LogP contribution < -0.4 is 10.0 Å². The van der Waals surface area contributed by atoms with Gasteiger partial charge >= 0.3 is 5.97 Å². The number of hydrogen-bond donors (Lipinski definition) is 3. The first-order chi connectivity index (χ1) is 15.9. The highest BCUT2D eigenvalue weighted by Crippen LogP contribution is 2.25. The van der Waals surface area contributed by atoms with E-state index in [0.29, 0.717) is 17.9 Å². The molecule has 3 aromatic rings. The largest absolute Gasteiger partial charge is 0.480 e. The van der Waals surface area contributed by atoms with Gasteiger partial charge in [0.1, 0.15) is 18.2 Å². The fourth-order valence-corrected chi connectivity index (χ4v) is 4.57. The van der Waals surface area contributed by atoms with Crippen LogP contribution in [0.2, 0.25) is 0 Å². The van der Waals surface area contributed by atoms with Crippen molar-refractivity contribution in [1.29, 1.82) is 0 Å². The average Bonchev–Trinajstić information content (AvgIpc) is 2.77. The molecule has 0 aliphatic carbocycles. The molecule has 0 bridgehead atoms. The first-order valence-electron chi connectivity index (χ1n) is 10.7. The molecule has 1 atom stereocenters. The summed E-state index contributed by atoms with van der Waals surface area (Å²) >= 11 is 0. The second-order valence-electron chi connectivity index (χ2n) is 8.97. The molecule has 3 rings (SSSR count). The Balaban J connectivity index is 0.00000432. The SMILES string of the molecule is CC(C)(C)c1ccc(CC(NS(=O)(=O)c2ccc(F)cc2)c2cccc(NCC(=O)O)n2)cc1.Cl. The van der Waals surface area contributed by atoms with E-state index in [0.717, 1.165) is 23.3 Å². The van der Waals surface area contributed by atoms with Gasteiger partial charge in [-0.25, -0.2) is 22.5 Å². The maximum Gasteiger partial charge on any atom is 0.322 e. The van der Waals surface area contributed by atoms with Gasteiger partial charge in [-0.2, -0.15) is 0 Å². The van der Waals surface area contributed by atoms with Crippen molar-refractivity contribution in [2.75, 3.05) is 11.9 Å². The Labute approximate surface area is 211 Å². The van der Waals surface area contributed by atoms with E-state index < -0.39 is 27.9 Å². The molecule has 3 N–H and O–H groups in total. The van der Waals surface area contributed by atoms with Crippen molar-refractivity contribution in [3.05, 3.63) is 89.4 Å². The smallest absolute Gasteiger partial charge is 0.322 e. The Morgan fingerprint density at radius 1 is 1.03 bits per heavy atom. The molecule has 0 aliphatic rings. The summed E-state index contributed by atoms with van der Waals surface area (Å²) in [6, 6.07) is 16.7. The number of aliphatic carboxylic acids is 1. The zero-order valence-corrected chi connectivity index (χ0v) is 21.3. The van der Waals surface area contributed by atoms with Gasteiger partial charge in [-0.1, -0.05) is 51.1 Å². The summed E-state index contributed by atoms with van der Waals surface area (Å²) in [4.78, 5) is 15.3. The Morgan fingerprint density at radius 2 is 1.66 bits per heavy atom. The number of anilines is 1. The molecular formula is C25H29ClFN3O4S. The molecule has 188 valence electrons. The number of aromatic nitrogens is 1. The quantitative estimate of drug-likeness (QED) is 0.376. The molecule has 1 heterocycles. The van der Waals surface area contributed by atoms with Crippen molar-refractivity contribution in [1.82, 2.24) is 9.71 Å². The van der Waals surface area contributed by atoms with Crippen LogP contribution in [-0.2, 0) is 26.7 Å². The van der Waals surface area contributed by atoms with Gasteiger partial charge in [0.15, 0.2) is 0 Å². The van der Waals surface area contributed by atoms with Crippen molar-refractivity contribution in [3.63, 3.8) is 0 Å². The van der Waals surface area contributed by atoms with Gasteiger partial charge in [-0.05, 0) is 59.4 Å². The molecule has 0 spiro atoms. The Bertz CT molecular complexity index is 1240. The summed E-state index contributed by atoms with van der Waals surface area (Å²) in [5, 5.41) is 11.6. The van der Waals surface area contributed by atoms with E-state index in [-0.39, 0.29) is 29.3 Å². The number of carboxylic acids is 1. The number of sulfonamides is 1. The summed E-state index contributed by atoms with van der Waals surface area (Å²) in [5.41, 5.74) is 2.44. The van der Waals surface area contributed by atoms with Crippen LogP contribution in [0.5, 0.6) is 0 Å². The minimum absolute atomic E-state index is 0. The first kappa shape index (κ1) is 28.2. The molecule has 0 saturated carbocycles. The van der Waals surface area contributed by atoms with Gasteiger partial charge in [0.2, 0.25) is 10.0 Å². The van der Waals surface area contributed by atoms with E-state index in [9.17, 15) is 17.6 Å². The monoisotopic (exact) mass is 521 g/mol. The van der Waals surface area contributed by atoms with E-state index in [1.807, 2.05) is 24.3 Å². The van der Waals surface area contributed by atoms with Gasteiger partial charge in [0, 0.05) is 0 Å². The van der Waals surface area contributed by atoms with Crippen molar-refractivity contribution in [2.24, 2.45) is 0 Å². The Morgan fingerprint density at radius 3 is 2.23 bits per heavy atom. The number of pyridine rings is 1. The van der Waals surface area contributed by atoms with Crippen LogP contribution >= 0.6 is 12.4 Å². The third-order valence-electron chi connectivity index (χ3n) is 5.23. The normalized spacial score (nSPS) is 12.5. The van der Waals surface area contributed by atoms with Crippen LogP contribution in [0.1, 0.15) is 43.6 Å². The fraction of sp³-hybridized carbons (Fsp3) is 0.280. The molecule has 0 amide bonds. The summed E-state index contributed by atoms with van der Waals surface area (Å²) in [7, 11) is -3.99. The van der Waals surface area contributed by atoms with Crippen LogP contribution in [0.3, 0.4) is 0 Å². The molecule has 0 aliphatic heterocycles. The highest BCUT2D eigenvalue weighted by atomic mass is 35.5. The van der Waals surface area contributed by atoms with Crippen LogP contribution in [0.15, 0.2) is 71.6 Å². The van der Waals surface area contributed by atoms with Gasteiger partial charge in [-0.3, -0.25) is 4.79 Å². The number of carbonyl (C=O) groups is 1. The molecule has 7 nitrogen and oxygen atoms in total. The molecule has 0 saturated heterocycles. The lowest BCUT2D eigenvalue weighted by Gasteiger charge is -2.21. The van der Waals surface area contributed by atoms with Gasteiger partial charge in [0.05, 0.1) is 16.6 Å². The summed E-state index contributed by atoms with van der Waals surface area (Å²) in [6.07, 6.45) is 0.306. The zero-order chi connectivity index (χ0) is 24.9. The second kappa shape index (κ2) is 11.6. The lowest BCUT2D eigenvalue weighted by atomic mass is 9.86. The maximum absolute atomic E-state index is 13.3. The number of rotatable bonds is 9. The molecule has 0 fully saturated rings. The van der Waals surface area contributed by atoms with Crippen molar-refractivity contribution >= 4 is 34.2 Å². The Kier molecular flexibility index (Phi) is 9.37. The van der Waals surface area contributed by atoms with Gasteiger partial charge < -0.3 is 10.4 Å². The molecule has 1 aromatic heterocycles. The van der Waals surface area contributed by atoms with Crippen LogP contribution in [0, 0.1) is 5.82 Å². The predicted molar refractivity (Wildman–Crippen MR) is 136 cm³/mol. The standard InChI is InChI=1S/C25H28FN3O4S.ClH/c1-25(2,3)18-9-7-17(8-10-18)15-22(21-5-4-6-23(28-21)27-16-24(30)31)29-34(32,33)20-13-11-19(26)12-14-20;/h4-14,22,29H,15-16H2,1-3H3,(H,27,28)(H,30,31);1H. The predicted octanol–water partition coefficient (Wildman–Crippen LogP) is 4.70. The lowest BCUT2D eigenvalue weighted by Crippen LogP contribution is -2.31. The number of nitrogens with zero attached hydrogens (tertiary/aromatic N) is 1. The number of hydrogen-bond acceptors (Lipinski definition) is 5. The Hall–Kier alpha value is -3.01. The number of nitrogens with one attached hydrogen (secondary N) is 2. The molecule has 1 unspecified atom stereocenters. The number of halogens is 2. The van der Waals surface area contributed by atoms with E-state index in [1.165, 1.54) is 12.1 Å². The summed E-state index contributed by atoms with van der Waals surface area (Å²) in [6.45, 7) is 6.01. The molecule has 2 aromatic carbocycles. The zero-order valence-electron chi connectivity index (χ0n) is 19.7. The summed E-state index contributed by atoms with van der Waals surface area (Å²) in [5.74, 6) is -1.26. The van der Waals surface area contributed by atoms with Crippen LogP contribution in [0.4, 0.5) is 10.2 Å². The maximum atomic E-state index is 13.3. The topological polar surface area (TPSA) is 108 Å². The molecule has 35 heavy (non-hydrogen) atoms. The van der Waals surface area contributed by atoms with Crippen LogP contribution in [0.25, 0.3) is 0 Å². The van der Waals surface area contributed by atoms with Crippen molar-refractivity contribution < 1.29 is 22.7 Å². The minimum atomic E-state index is -3.99. The van der Waals surface area contributed by atoms with E-state index in [1.54, 1.807) is 18.2 Å². The average molecular weight is 522 g/mol. The lowest BCUT2D eigenvalue weighted by molar-refractivity contribution is -0.134. The number of carboxylic acid groups (broad SMARTS) is 1. The fourth-order valence-electron chi connectivity index (χ4n) is 3.36. The van der Waals surface area contributed by atoms with Gasteiger partial charge in [0.25, 0.3) is 0 Å². The van der Waals surface area contributed by atoms with E-state index >= 15 is 0 Å². The second-order valence-corrected chi connectivity index (χ2v) is 10.7. The molecule has 10 heteroatoms. The van der Waals surface area contributed by atoms with Crippen molar-refractivity contribution in [2.45, 2.75) is 43.5 Å². The highest BCUT2D eigenvalue weighted by molar-refractivity contribution is 7.89. The minimum Gasteiger partial charge on any atom is -0.480 e. The molecule has 0 radical (unpaired) electrons. The summed E-state index contributed by atoms with van der Waals surface area (Å²) < 4.78 is 42.1. The molecular weight excluding hydrogens is 493 g/mol.